The van der Waals surface area contributed by atoms with E-state index in [0.717, 1.165) is 11.6 Å². The largest absolute Gasteiger partial charge is 0.507 e. The quantitative estimate of drug-likeness (QED) is 0.832. The van der Waals surface area contributed by atoms with Crippen LogP contribution in [0.25, 0.3) is 11.0 Å². The van der Waals surface area contributed by atoms with Gasteiger partial charge in [0.2, 0.25) is 0 Å². The number of phenols is 1. The topological polar surface area (TPSA) is 87.7 Å². The fraction of sp³-hybridized carbons (Fsp3) is 0.125. The zero-order valence-corrected chi connectivity index (χ0v) is 11.2. The first-order valence-corrected chi connectivity index (χ1v) is 6.32. The van der Waals surface area contributed by atoms with E-state index in [2.05, 4.69) is 0 Å². The molecule has 0 spiro atoms. The molecule has 0 saturated carbocycles. The van der Waals surface area contributed by atoms with E-state index in [4.69, 9.17) is 4.42 Å². The van der Waals surface area contributed by atoms with Gasteiger partial charge in [-0.1, -0.05) is 0 Å². The molecule has 1 heterocycles. The van der Waals surface area contributed by atoms with Crippen LogP contribution in [0.5, 0.6) is 5.75 Å². The fourth-order valence-corrected chi connectivity index (χ4v) is 2.29. The van der Waals surface area contributed by atoms with E-state index < -0.39 is 11.0 Å². The normalized spacial score (nSPS) is 16.6. The Morgan fingerprint density at radius 3 is 2.43 bits per heavy atom. The fourth-order valence-electron chi connectivity index (χ4n) is 2.29. The number of benzene rings is 1. The molecule has 106 valence electrons. The van der Waals surface area contributed by atoms with Crippen LogP contribution in [-0.2, 0) is 10.4 Å². The third-order valence-corrected chi connectivity index (χ3v) is 3.35. The Hall–Kier alpha value is -2.66. The van der Waals surface area contributed by atoms with Crippen LogP contribution in [0.1, 0.15) is 11.3 Å². The molecular weight excluding hydrogens is 272 g/mol. The van der Waals surface area contributed by atoms with E-state index >= 15 is 0 Å². The number of aryl methyl sites for hydroxylation is 1. The monoisotopic (exact) mass is 284 g/mol. The summed E-state index contributed by atoms with van der Waals surface area (Å²) in [6, 6.07) is 4.18. The lowest BCUT2D eigenvalue weighted by Crippen LogP contribution is -2.24. The van der Waals surface area contributed by atoms with E-state index in [-0.39, 0.29) is 28.3 Å². The summed E-state index contributed by atoms with van der Waals surface area (Å²) in [5.41, 5.74) is -1.21. The van der Waals surface area contributed by atoms with Gasteiger partial charge in [-0.2, -0.15) is 0 Å². The van der Waals surface area contributed by atoms with E-state index in [1.807, 2.05) is 0 Å². The summed E-state index contributed by atoms with van der Waals surface area (Å²) in [4.78, 5) is 23.3. The van der Waals surface area contributed by atoms with Gasteiger partial charge in [0.05, 0.1) is 0 Å². The van der Waals surface area contributed by atoms with Crippen molar-refractivity contribution in [3.8, 4) is 5.75 Å². The first-order chi connectivity index (χ1) is 9.89. The molecule has 0 amide bonds. The van der Waals surface area contributed by atoms with Crippen LogP contribution in [0.15, 0.2) is 51.7 Å². The maximum Gasteiger partial charge on any atom is 0.196 e. The molecule has 0 radical (unpaired) electrons. The van der Waals surface area contributed by atoms with Crippen molar-refractivity contribution in [2.45, 2.75) is 12.5 Å². The smallest absolute Gasteiger partial charge is 0.196 e. The van der Waals surface area contributed by atoms with E-state index in [1.54, 1.807) is 13.0 Å². The molecular formula is C16H12O5. The average Bonchev–Trinajstić information content (AvgIpc) is 2.41. The van der Waals surface area contributed by atoms with Gasteiger partial charge >= 0.3 is 0 Å². The standard InChI is InChI=1S/C16H12O5/c1-9-6-11(18)15-12(19)8-14(21-13(15)7-9)16(20)4-2-10(17)3-5-16/h2-8,18,20H,1H3. The lowest BCUT2D eigenvalue weighted by atomic mass is 9.94. The highest BCUT2D eigenvalue weighted by molar-refractivity contribution is 6.00. The minimum atomic E-state index is -1.65. The number of ketones is 1. The van der Waals surface area contributed by atoms with Crippen LogP contribution in [0, 0.1) is 6.92 Å². The molecule has 0 unspecified atom stereocenters. The summed E-state index contributed by atoms with van der Waals surface area (Å²) in [5.74, 6) is -0.427. The zero-order chi connectivity index (χ0) is 15.2. The SMILES string of the molecule is Cc1cc(O)c2c(=O)cc(C3(O)C=CC(=O)C=C3)oc2c1. The average molecular weight is 284 g/mol. The number of allylic oxidation sites excluding steroid dienone is 2. The minimum Gasteiger partial charge on any atom is -0.507 e. The molecule has 3 rings (SSSR count). The third kappa shape index (κ3) is 2.17. The Labute approximate surface area is 119 Å². The first-order valence-electron chi connectivity index (χ1n) is 6.32. The van der Waals surface area contributed by atoms with Crippen LogP contribution >= 0.6 is 0 Å². The Morgan fingerprint density at radius 1 is 1.10 bits per heavy atom. The first kappa shape index (κ1) is 13.3. The number of aliphatic hydroxyl groups is 1. The van der Waals surface area contributed by atoms with Gasteiger partial charge in [0.15, 0.2) is 16.8 Å². The Morgan fingerprint density at radius 2 is 1.76 bits per heavy atom. The number of hydrogen-bond donors (Lipinski definition) is 2. The van der Waals surface area contributed by atoms with Gasteiger partial charge in [0, 0.05) is 6.07 Å². The van der Waals surface area contributed by atoms with Gasteiger partial charge in [0.25, 0.3) is 0 Å². The molecule has 1 aromatic carbocycles. The number of rotatable bonds is 1. The van der Waals surface area contributed by atoms with Gasteiger partial charge in [-0.25, -0.2) is 0 Å². The predicted octanol–water partition coefficient (Wildman–Crippen LogP) is 1.69. The predicted molar refractivity (Wildman–Crippen MR) is 76.1 cm³/mol. The number of fused-ring (bicyclic) bond motifs is 1. The number of hydrogen-bond acceptors (Lipinski definition) is 5. The van der Waals surface area contributed by atoms with Crippen molar-refractivity contribution in [1.29, 1.82) is 0 Å². The van der Waals surface area contributed by atoms with Gasteiger partial charge in [-0.15, -0.1) is 0 Å². The van der Waals surface area contributed by atoms with Crippen molar-refractivity contribution < 1.29 is 19.4 Å². The summed E-state index contributed by atoms with van der Waals surface area (Å²) >= 11 is 0. The van der Waals surface area contributed by atoms with Gasteiger partial charge < -0.3 is 14.6 Å². The summed E-state index contributed by atoms with van der Waals surface area (Å²) < 4.78 is 5.56. The van der Waals surface area contributed by atoms with Crippen molar-refractivity contribution in [3.05, 3.63) is 64.1 Å². The molecule has 1 aliphatic carbocycles. The highest BCUT2D eigenvalue weighted by atomic mass is 16.4. The van der Waals surface area contributed by atoms with Crippen LogP contribution < -0.4 is 5.43 Å². The molecule has 0 atom stereocenters. The number of aromatic hydroxyl groups is 1. The molecule has 0 fully saturated rings. The molecule has 5 nitrogen and oxygen atoms in total. The molecule has 1 aliphatic rings. The second-order valence-electron chi connectivity index (χ2n) is 5.03. The van der Waals surface area contributed by atoms with Crippen molar-refractivity contribution in [1.82, 2.24) is 0 Å². The molecule has 0 aliphatic heterocycles. The molecule has 21 heavy (non-hydrogen) atoms. The van der Waals surface area contributed by atoms with Crippen molar-refractivity contribution in [2.24, 2.45) is 0 Å². The molecule has 2 N–H and O–H groups in total. The minimum absolute atomic E-state index is 0.00926. The summed E-state index contributed by atoms with van der Waals surface area (Å²) in [7, 11) is 0. The number of phenolic OH excluding ortho intramolecular Hbond substituents is 1. The molecule has 5 heteroatoms. The number of carbonyl (C=O) groups excluding carboxylic acids is 1. The summed E-state index contributed by atoms with van der Waals surface area (Å²) in [6.45, 7) is 1.75. The van der Waals surface area contributed by atoms with Gasteiger partial charge in [-0.3, -0.25) is 9.59 Å². The lowest BCUT2D eigenvalue weighted by Gasteiger charge is -2.21. The second-order valence-corrected chi connectivity index (χ2v) is 5.03. The summed E-state index contributed by atoms with van der Waals surface area (Å²) in [6.07, 6.45) is 4.93. The van der Waals surface area contributed by atoms with Crippen molar-refractivity contribution >= 4 is 16.8 Å². The maximum atomic E-state index is 12.1. The van der Waals surface area contributed by atoms with E-state index in [0.29, 0.717) is 0 Å². The number of carbonyl (C=O) groups is 1. The highest BCUT2D eigenvalue weighted by Gasteiger charge is 2.29. The van der Waals surface area contributed by atoms with Crippen LogP contribution in [0.3, 0.4) is 0 Å². The van der Waals surface area contributed by atoms with Crippen LogP contribution in [0.2, 0.25) is 0 Å². The Balaban J connectivity index is 2.27. The van der Waals surface area contributed by atoms with E-state index in [1.165, 1.54) is 30.4 Å². The molecule has 2 aromatic rings. The second kappa shape index (κ2) is 4.43. The zero-order valence-electron chi connectivity index (χ0n) is 11.2. The highest BCUT2D eigenvalue weighted by Crippen LogP contribution is 2.30. The Kier molecular flexibility index (Phi) is 2.81. The molecule has 1 aromatic heterocycles. The maximum absolute atomic E-state index is 12.1. The van der Waals surface area contributed by atoms with E-state index in [9.17, 15) is 19.8 Å². The van der Waals surface area contributed by atoms with Crippen LogP contribution in [-0.4, -0.2) is 16.0 Å². The van der Waals surface area contributed by atoms with Crippen molar-refractivity contribution in [2.75, 3.05) is 0 Å². The summed E-state index contributed by atoms with van der Waals surface area (Å²) in [5, 5.41) is 20.4. The van der Waals surface area contributed by atoms with Gasteiger partial charge in [-0.05, 0) is 48.9 Å². The Bertz CT molecular complexity index is 854. The van der Waals surface area contributed by atoms with Crippen LogP contribution in [0.4, 0.5) is 0 Å². The van der Waals surface area contributed by atoms with Gasteiger partial charge in [0.1, 0.15) is 22.5 Å². The lowest BCUT2D eigenvalue weighted by molar-refractivity contribution is -0.110. The third-order valence-electron chi connectivity index (χ3n) is 3.35. The molecule has 0 saturated heterocycles. The molecule has 0 bridgehead atoms. The van der Waals surface area contributed by atoms with Crippen molar-refractivity contribution in [3.63, 3.8) is 0 Å².